The molecule has 2 amide bonds. The summed E-state index contributed by atoms with van der Waals surface area (Å²) in [6.45, 7) is 5.32. The lowest BCUT2D eigenvalue weighted by atomic mass is 9.72. The highest BCUT2D eigenvalue weighted by Gasteiger charge is 2.55. The predicted octanol–water partition coefficient (Wildman–Crippen LogP) is 4.49. The van der Waals surface area contributed by atoms with E-state index in [0.29, 0.717) is 11.1 Å². The summed E-state index contributed by atoms with van der Waals surface area (Å²) in [5.74, 6) is -1.11. The van der Waals surface area contributed by atoms with Gasteiger partial charge >= 0.3 is 6.09 Å². The fourth-order valence-electron chi connectivity index (χ4n) is 4.34. The third kappa shape index (κ3) is 3.01. The van der Waals surface area contributed by atoms with Crippen LogP contribution in [-0.2, 0) is 9.53 Å². The van der Waals surface area contributed by atoms with E-state index >= 15 is 0 Å². The smallest absolute Gasteiger partial charge is 0.417 e. The summed E-state index contributed by atoms with van der Waals surface area (Å²) in [4.78, 5) is 40.4. The van der Waals surface area contributed by atoms with Gasteiger partial charge in [0.15, 0.2) is 5.78 Å². The van der Waals surface area contributed by atoms with Crippen molar-refractivity contribution in [1.82, 2.24) is 4.90 Å². The van der Waals surface area contributed by atoms with Crippen LogP contribution in [0, 0.1) is 5.92 Å². The Balaban J connectivity index is 1.83. The molecule has 0 N–H and O–H groups in total. The van der Waals surface area contributed by atoms with Crippen molar-refractivity contribution in [2.24, 2.45) is 5.92 Å². The first-order chi connectivity index (χ1) is 13.3. The largest absolute Gasteiger partial charge is 0.443 e. The van der Waals surface area contributed by atoms with Crippen molar-refractivity contribution in [3.63, 3.8) is 0 Å². The molecule has 1 saturated heterocycles. The molecule has 0 radical (unpaired) electrons. The maximum atomic E-state index is 13.4. The van der Waals surface area contributed by atoms with Gasteiger partial charge in [-0.1, -0.05) is 54.6 Å². The topological polar surface area (TPSA) is 63.7 Å². The fraction of sp³-hybridized carbons (Fsp3) is 0.348. The van der Waals surface area contributed by atoms with Gasteiger partial charge in [0.1, 0.15) is 5.60 Å². The number of nitrogens with zero attached hydrogens (tertiary/aromatic N) is 1. The SMILES string of the molecule is CC(C)(C)OC(=O)N1C(=O)[C@@H]2c3ccccc3C(=O)C[C@@H]2[C@H]1c1ccccc1. The third-order valence-corrected chi connectivity index (χ3v) is 5.36. The van der Waals surface area contributed by atoms with Crippen molar-refractivity contribution >= 4 is 17.8 Å². The Kier molecular flexibility index (Phi) is 4.33. The lowest BCUT2D eigenvalue weighted by Crippen LogP contribution is -2.40. The van der Waals surface area contributed by atoms with E-state index in [4.69, 9.17) is 4.74 Å². The van der Waals surface area contributed by atoms with Crippen LogP contribution in [0.3, 0.4) is 0 Å². The number of Topliss-reactive ketones (excluding diaryl/α,β-unsaturated/α-hetero) is 1. The summed E-state index contributed by atoms with van der Waals surface area (Å²) < 4.78 is 5.55. The summed E-state index contributed by atoms with van der Waals surface area (Å²) in [5.41, 5.74) is 1.40. The molecule has 5 nitrogen and oxygen atoms in total. The first kappa shape index (κ1) is 18.4. The standard InChI is InChI=1S/C23H23NO4/c1-23(2,3)28-22(27)24-20(14-9-5-4-6-10-14)17-13-18(25)15-11-7-8-12-16(15)19(17)21(24)26/h4-12,17,19-20H,13H2,1-3H3/t17-,19+,20+/m0/s1. The second kappa shape index (κ2) is 6.59. The quantitative estimate of drug-likeness (QED) is 0.734. The second-order valence-corrected chi connectivity index (χ2v) is 8.40. The van der Waals surface area contributed by atoms with Gasteiger partial charge in [0.2, 0.25) is 5.91 Å². The van der Waals surface area contributed by atoms with Gasteiger partial charge in [-0.05, 0) is 31.9 Å². The van der Waals surface area contributed by atoms with Crippen LogP contribution in [0.25, 0.3) is 0 Å². The minimum atomic E-state index is -0.722. The molecule has 0 unspecified atom stereocenters. The molecule has 0 saturated carbocycles. The van der Waals surface area contributed by atoms with Crippen molar-refractivity contribution in [2.45, 2.75) is 44.8 Å². The van der Waals surface area contributed by atoms with Crippen LogP contribution >= 0.6 is 0 Å². The molecular weight excluding hydrogens is 354 g/mol. The molecule has 5 heteroatoms. The van der Waals surface area contributed by atoms with Crippen molar-refractivity contribution in [3.05, 3.63) is 71.3 Å². The summed E-state index contributed by atoms with van der Waals surface area (Å²) in [7, 11) is 0. The van der Waals surface area contributed by atoms with E-state index in [1.807, 2.05) is 42.5 Å². The van der Waals surface area contributed by atoms with Crippen LogP contribution in [0.1, 0.15) is 60.6 Å². The number of hydrogen-bond donors (Lipinski definition) is 0. The third-order valence-electron chi connectivity index (χ3n) is 5.36. The van der Waals surface area contributed by atoms with E-state index in [9.17, 15) is 14.4 Å². The Labute approximate surface area is 164 Å². The molecule has 0 spiro atoms. The summed E-state index contributed by atoms with van der Waals surface area (Å²) in [6, 6.07) is 16.1. The van der Waals surface area contributed by atoms with Gasteiger partial charge in [-0.3, -0.25) is 9.59 Å². The molecular formula is C23H23NO4. The zero-order chi connectivity index (χ0) is 20.1. The zero-order valence-electron chi connectivity index (χ0n) is 16.2. The van der Waals surface area contributed by atoms with Crippen molar-refractivity contribution < 1.29 is 19.1 Å². The van der Waals surface area contributed by atoms with Crippen molar-refractivity contribution in [3.8, 4) is 0 Å². The highest BCUT2D eigenvalue weighted by Crippen LogP contribution is 2.52. The molecule has 1 fully saturated rings. The number of amides is 2. The maximum absolute atomic E-state index is 13.4. The van der Waals surface area contributed by atoms with Crippen LogP contribution in [-0.4, -0.2) is 28.3 Å². The van der Waals surface area contributed by atoms with Crippen LogP contribution in [0.15, 0.2) is 54.6 Å². The van der Waals surface area contributed by atoms with Crippen LogP contribution in [0.5, 0.6) is 0 Å². The van der Waals surface area contributed by atoms with Gasteiger partial charge in [0.05, 0.1) is 12.0 Å². The summed E-state index contributed by atoms with van der Waals surface area (Å²) >= 11 is 0. The predicted molar refractivity (Wildman–Crippen MR) is 104 cm³/mol. The lowest BCUT2D eigenvalue weighted by molar-refractivity contribution is -0.129. The molecule has 2 aliphatic rings. The number of benzene rings is 2. The number of rotatable bonds is 1. The molecule has 0 bridgehead atoms. The minimum Gasteiger partial charge on any atom is -0.443 e. The molecule has 1 aliphatic heterocycles. The normalized spacial score (nSPS) is 24.0. The molecule has 3 atom stereocenters. The van der Waals surface area contributed by atoms with E-state index in [1.165, 1.54) is 4.90 Å². The lowest BCUT2D eigenvalue weighted by Gasteiger charge is -2.30. The van der Waals surface area contributed by atoms with Gasteiger partial charge in [-0.25, -0.2) is 9.69 Å². The van der Waals surface area contributed by atoms with E-state index in [2.05, 4.69) is 0 Å². The highest BCUT2D eigenvalue weighted by molar-refractivity contribution is 6.06. The fourth-order valence-corrected chi connectivity index (χ4v) is 4.34. The monoisotopic (exact) mass is 377 g/mol. The molecule has 2 aromatic rings. The highest BCUT2D eigenvalue weighted by atomic mass is 16.6. The van der Waals surface area contributed by atoms with Gasteiger partial charge < -0.3 is 4.74 Å². The van der Waals surface area contributed by atoms with E-state index in [-0.39, 0.29) is 24.0 Å². The Hall–Kier alpha value is -2.95. The minimum absolute atomic E-state index is 0.0108. The van der Waals surface area contributed by atoms with Crippen LogP contribution in [0.2, 0.25) is 0 Å². The van der Waals surface area contributed by atoms with Gasteiger partial charge in [-0.2, -0.15) is 0 Å². The van der Waals surface area contributed by atoms with Gasteiger partial charge in [0, 0.05) is 17.9 Å². The summed E-state index contributed by atoms with van der Waals surface area (Å²) in [6.07, 6.45) is -0.433. The zero-order valence-corrected chi connectivity index (χ0v) is 16.2. The molecule has 28 heavy (non-hydrogen) atoms. The van der Waals surface area contributed by atoms with Crippen molar-refractivity contribution in [1.29, 1.82) is 0 Å². The maximum Gasteiger partial charge on any atom is 0.417 e. The first-order valence-electron chi connectivity index (χ1n) is 9.51. The van der Waals surface area contributed by atoms with E-state index < -0.39 is 23.7 Å². The van der Waals surface area contributed by atoms with Crippen LogP contribution < -0.4 is 0 Å². The Morgan fingerprint density at radius 3 is 2.32 bits per heavy atom. The number of ketones is 1. The number of likely N-dealkylation sites (tertiary alicyclic amines) is 1. The van der Waals surface area contributed by atoms with Crippen molar-refractivity contribution in [2.75, 3.05) is 0 Å². The number of ether oxygens (including phenoxy) is 1. The molecule has 4 rings (SSSR count). The molecule has 0 aromatic heterocycles. The van der Waals surface area contributed by atoms with Gasteiger partial charge in [-0.15, -0.1) is 0 Å². The first-order valence-corrected chi connectivity index (χ1v) is 9.51. The number of imide groups is 1. The van der Waals surface area contributed by atoms with Gasteiger partial charge in [0.25, 0.3) is 0 Å². The van der Waals surface area contributed by atoms with E-state index in [0.717, 1.165) is 5.56 Å². The number of carbonyl (C=O) groups excluding carboxylic acids is 3. The Bertz CT molecular complexity index is 945. The second-order valence-electron chi connectivity index (χ2n) is 8.40. The molecule has 1 heterocycles. The van der Waals surface area contributed by atoms with E-state index in [1.54, 1.807) is 32.9 Å². The molecule has 144 valence electrons. The number of hydrogen-bond acceptors (Lipinski definition) is 4. The Morgan fingerprint density at radius 2 is 1.64 bits per heavy atom. The average Bonchev–Trinajstić information content (AvgIpc) is 2.94. The Morgan fingerprint density at radius 1 is 1.00 bits per heavy atom. The molecule has 2 aromatic carbocycles. The number of fused-ring (bicyclic) bond motifs is 3. The summed E-state index contributed by atoms with van der Waals surface area (Å²) in [5, 5.41) is 0. The average molecular weight is 377 g/mol. The molecule has 1 aliphatic carbocycles. The van der Waals surface area contributed by atoms with Crippen LogP contribution in [0.4, 0.5) is 4.79 Å². The number of carbonyl (C=O) groups is 3.